The fourth-order valence-electron chi connectivity index (χ4n) is 2.33. The van der Waals surface area contributed by atoms with Crippen molar-refractivity contribution in [2.24, 2.45) is 0 Å². The highest BCUT2D eigenvalue weighted by atomic mass is 32.1. The monoisotopic (exact) mass is 428 g/mol. The zero-order valence-electron chi connectivity index (χ0n) is 16.1. The van der Waals surface area contributed by atoms with Gasteiger partial charge in [0.05, 0.1) is 5.69 Å². The molecule has 2 aromatic heterocycles. The van der Waals surface area contributed by atoms with Crippen LogP contribution in [0.25, 0.3) is 21.1 Å². The van der Waals surface area contributed by atoms with E-state index in [-0.39, 0.29) is 11.9 Å². The smallest absolute Gasteiger partial charge is 0.320 e. The first-order chi connectivity index (χ1) is 13.9. The molecule has 0 fully saturated rings. The molecule has 0 unspecified atom stereocenters. The van der Waals surface area contributed by atoms with E-state index in [1.165, 1.54) is 29.7 Å². The normalized spacial score (nSPS) is 11.2. The topological polar surface area (TPSA) is 122 Å². The van der Waals surface area contributed by atoms with Gasteiger partial charge < -0.3 is 16.4 Å². The number of hydrogen-bond donors (Lipinski definition) is 4. The average molecular weight is 429 g/mol. The molecular weight excluding hydrogens is 408 g/mol. The Balaban J connectivity index is 1.83. The number of allylic oxidation sites excluding steroid dienone is 1. The van der Waals surface area contributed by atoms with Crippen LogP contribution in [-0.2, 0) is 4.79 Å². The molecule has 0 bridgehead atoms. The van der Waals surface area contributed by atoms with Crippen LogP contribution in [-0.4, -0.2) is 29.0 Å². The second-order valence-electron chi connectivity index (χ2n) is 5.98. The Kier molecular flexibility index (Phi) is 6.25. The van der Waals surface area contributed by atoms with Crippen LogP contribution in [0.2, 0.25) is 0 Å². The van der Waals surface area contributed by atoms with E-state index in [1.54, 1.807) is 13.0 Å². The maximum absolute atomic E-state index is 12.1. The number of nitrogens with two attached hydrogens (primary N) is 1. The Hall–Kier alpha value is -3.24. The maximum Gasteiger partial charge on any atom is 0.320 e. The van der Waals surface area contributed by atoms with Crippen LogP contribution in [0.15, 0.2) is 41.3 Å². The lowest BCUT2D eigenvalue weighted by atomic mass is 10.1. The molecule has 3 rings (SSSR count). The van der Waals surface area contributed by atoms with Gasteiger partial charge in [0.1, 0.15) is 15.7 Å². The molecule has 150 valence electrons. The minimum Gasteiger partial charge on any atom is -0.382 e. The Morgan fingerprint density at radius 1 is 1.21 bits per heavy atom. The van der Waals surface area contributed by atoms with Gasteiger partial charge in [-0.3, -0.25) is 10.1 Å². The fraction of sp³-hybridized carbons (Fsp3) is 0.158. The molecular formula is C19H20N6O2S2. The third-order valence-corrected chi connectivity index (χ3v) is 5.99. The number of rotatable bonds is 5. The lowest BCUT2D eigenvalue weighted by Gasteiger charge is -2.06. The van der Waals surface area contributed by atoms with Crippen molar-refractivity contribution >= 4 is 51.2 Å². The summed E-state index contributed by atoms with van der Waals surface area (Å²) >= 11 is 2.69. The van der Waals surface area contributed by atoms with E-state index in [4.69, 9.17) is 5.73 Å². The lowest BCUT2D eigenvalue weighted by molar-refractivity contribution is -0.112. The minimum atomic E-state index is -0.364. The summed E-state index contributed by atoms with van der Waals surface area (Å²) in [6.07, 6.45) is 1.76. The fourth-order valence-corrected chi connectivity index (χ4v) is 4.13. The molecule has 8 nitrogen and oxygen atoms in total. The molecule has 0 atom stereocenters. The van der Waals surface area contributed by atoms with Crippen LogP contribution < -0.4 is 21.7 Å². The van der Waals surface area contributed by atoms with Crippen LogP contribution in [0.3, 0.4) is 0 Å². The lowest BCUT2D eigenvalue weighted by Crippen LogP contribution is -2.24. The summed E-state index contributed by atoms with van der Waals surface area (Å²) in [6.45, 7) is 3.58. The van der Waals surface area contributed by atoms with Gasteiger partial charge in [-0.25, -0.2) is 14.8 Å². The molecule has 3 aromatic rings. The van der Waals surface area contributed by atoms with E-state index in [0.717, 1.165) is 11.3 Å². The van der Waals surface area contributed by atoms with Crippen molar-refractivity contribution < 1.29 is 9.59 Å². The third-order valence-electron chi connectivity index (χ3n) is 4.01. The highest BCUT2D eigenvalue weighted by Crippen LogP contribution is 2.38. The summed E-state index contributed by atoms with van der Waals surface area (Å²) < 4.78 is 0. The standard InChI is InChI=1S/C19H20N6O2S2/c1-4-10(2)16(26)22-12-7-5-6-11(8-12)13-9-28-17(23-13)14-15(20)24-19(29-14)25-18(27)21-3/h4-9H,20H2,1-3H3,(H,22,26)(H2,21,24,25,27). The Morgan fingerprint density at radius 3 is 2.72 bits per heavy atom. The van der Waals surface area contributed by atoms with E-state index in [1.807, 2.05) is 36.6 Å². The Bertz CT molecular complexity index is 1090. The SMILES string of the molecule is CC=C(C)C(=O)Nc1cccc(-c2csc(-c3sc(NC(=O)NC)nc3N)n2)c1. The summed E-state index contributed by atoms with van der Waals surface area (Å²) in [6, 6.07) is 7.12. The number of aromatic nitrogens is 2. The molecule has 1 aromatic carbocycles. The van der Waals surface area contributed by atoms with Crippen molar-refractivity contribution in [3.05, 3.63) is 41.3 Å². The van der Waals surface area contributed by atoms with Crippen LogP contribution in [0.5, 0.6) is 0 Å². The average Bonchev–Trinajstić information content (AvgIpc) is 3.34. The minimum absolute atomic E-state index is 0.141. The van der Waals surface area contributed by atoms with Gasteiger partial charge in [-0.05, 0) is 26.0 Å². The van der Waals surface area contributed by atoms with Gasteiger partial charge in [-0.15, -0.1) is 11.3 Å². The number of thiazole rings is 2. The molecule has 3 amide bonds. The zero-order valence-corrected chi connectivity index (χ0v) is 17.7. The molecule has 0 aliphatic heterocycles. The Morgan fingerprint density at radius 2 is 2.00 bits per heavy atom. The van der Waals surface area contributed by atoms with Crippen molar-refractivity contribution in [1.29, 1.82) is 0 Å². The molecule has 10 heteroatoms. The summed E-state index contributed by atoms with van der Waals surface area (Å²) in [5.41, 5.74) is 8.97. The van der Waals surface area contributed by atoms with E-state index in [2.05, 4.69) is 25.9 Å². The van der Waals surface area contributed by atoms with Gasteiger partial charge in [-0.2, -0.15) is 0 Å². The summed E-state index contributed by atoms with van der Waals surface area (Å²) in [5, 5.41) is 11.0. The highest BCUT2D eigenvalue weighted by molar-refractivity contribution is 7.23. The largest absolute Gasteiger partial charge is 0.382 e. The van der Waals surface area contributed by atoms with Crippen LogP contribution in [0.4, 0.5) is 21.4 Å². The molecule has 0 saturated carbocycles. The van der Waals surface area contributed by atoms with Gasteiger partial charge in [0.15, 0.2) is 5.13 Å². The predicted molar refractivity (Wildman–Crippen MR) is 119 cm³/mol. The van der Waals surface area contributed by atoms with Gasteiger partial charge in [-0.1, -0.05) is 29.5 Å². The van der Waals surface area contributed by atoms with Crippen LogP contribution in [0, 0.1) is 0 Å². The predicted octanol–water partition coefficient (Wildman–Crippen LogP) is 4.17. The number of amides is 3. The summed E-state index contributed by atoms with van der Waals surface area (Å²) in [5.74, 6) is 0.169. The first-order valence-electron chi connectivity index (χ1n) is 8.67. The van der Waals surface area contributed by atoms with Crippen molar-refractivity contribution in [2.45, 2.75) is 13.8 Å². The number of benzene rings is 1. The quantitative estimate of drug-likeness (QED) is 0.454. The number of carbonyl (C=O) groups excluding carboxylic acids is 2. The van der Waals surface area contributed by atoms with Gasteiger partial charge in [0.25, 0.3) is 5.91 Å². The summed E-state index contributed by atoms with van der Waals surface area (Å²) in [4.78, 5) is 33.0. The number of nitrogen functional groups attached to an aromatic ring is 1. The molecule has 5 N–H and O–H groups in total. The Labute approximate surface area is 175 Å². The molecule has 0 spiro atoms. The van der Waals surface area contributed by atoms with E-state index in [0.29, 0.717) is 32.1 Å². The van der Waals surface area contributed by atoms with Crippen LogP contribution >= 0.6 is 22.7 Å². The number of carbonyl (C=O) groups is 2. The van der Waals surface area contributed by atoms with Crippen LogP contribution in [0.1, 0.15) is 13.8 Å². The molecule has 0 radical (unpaired) electrons. The van der Waals surface area contributed by atoms with Gasteiger partial charge in [0.2, 0.25) is 0 Å². The molecule has 29 heavy (non-hydrogen) atoms. The number of hydrogen-bond acceptors (Lipinski definition) is 7. The molecule has 0 saturated heterocycles. The second kappa shape index (κ2) is 8.84. The van der Waals surface area contributed by atoms with Gasteiger partial charge >= 0.3 is 6.03 Å². The van der Waals surface area contributed by atoms with E-state index >= 15 is 0 Å². The van der Waals surface area contributed by atoms with Crippen molar-refractivity contribution in [1.82, 2.24) is 15.3 Å². The molecule has 0 aliphatic rings. The third kappa shape index (κ3) is 4.79. The van der Waals surface area contributed by atoms with E-state index in [9.17, 15) is 9.59 Å². The van der Waals surface area contributed by atoms with E-state index < -0.39 is 0 Å². The maximum atomic E-state index is 12.1. The second-order valence-corrected chi connectivity index (χ2v) is 7.84. The number of nitrogens with zero attached hydrogens (tertiary/aromatic N) is 2. The number of nitrogens with one attached hydrogen (secondary N) is 3. The first kappa shape index (κ1) is 20.5. The molecule has 0 aliphatic carbocycles. The molecule has 2 heterocycles. The first-order valence-corrected chi connectivity index (χ1v) is 10.4. The summed E-state index contributed by atoms with van der Waals surface area (Å²) in [7, 11) is 1.52. The van der Waals surface area contributed by atoms with Crippen molar-refractivity contribution in [2.75, 3.05) is 23.4 Å². The zero-order chi connectivity index (χ0) is 21.0. The number of anilines is 3. The van der Waals surface area contributed by atoms with Crippen molar-refractivity contribution in [3.8, 4) is 21.1 Å². The van der Waals surface area contributed by atoms with Crippen molar-refractivity contribution in [3.63, 3.8) is 0 Å². The van der Waals surface area contributed by atoms with Gasteiger partial charge in [0, 0.05) is 29.3 Å². The number of urea groups is 1. The highest BCUT2D eigenvalue weighted by Gasteiger charge is 2.16.